The van der Waals surface area contributed by atoms with Gasteiger partial charge >= 0.3 is 5.97 Å². The van der Waals surface area contributed by atoms with Gasteiger partial charge in [0.1, 0.15) is 11.9 Å². The molecule has 0 saturated carbocycles. The number of benzene rings is 1. The molecule has 0 spiro atoms. The lowest BCUT2D eigenvalue weighted by atomic mass is 9.98. The second kappa shape index (κ2) is 7.42. The van der Waals surface area contributed by atoms with Crippen molar-refractivity contribution in [3.63, 3.8) is 0 Å². The lowest BCUT2D eigenvalue weighted by Gasteiger charge is -2.22. The molecule has 1 aromatic rings. The molecule has 1 fully saturated rings. The van der Waals surface area contributed by atoms with Gasteiger partial charge in [-0.25, -0.2) is 9.18 Å². The molecule has 1 aliphatic rings. The van der Waals surface area contributed by atoms with Crippen LogP contribution < -0.4 is 10.2 Å². The van der Waals surface area contributed by atoms with Crippen LogP contribution >= 0.6 is 0 Å². The number of nitrogens with zero attached hydrogens (tertiary/aromatic N) is 1. The van der Waals surface area contributed by atoms with Gasteiger partial charge in [0, 0.05) is 13.0 Å². The van der Waals surface area contributed by atoms with Gasteiger partial charge in [-0.15, -0.1) is 0 Å². The quantitative estimate of drug-likeness (QED) is 0.829. The van der Waals surface area contributed by atoms with Crippen molar-refractivity contribution in [2.75, 3.05) is 11.4 Å². The molecule has 1 saturated heterocycles. The van der Waals surface area contributed by atoms with E-state index in [0.29, 0.717) is 6.42 Å². The van der Waals surface area contributed by atoms with E-state index in [1.54, 1.807) is 13.0 Å². The third-order valence-corrected chi connectivity index (χ3v) is 4.42. The van der Waals surface area contributed by atoms with Crippen molar-refractivity contribution in [1.82, 2.24) is 5.32 Å². The molecule has 1 unspecified atom stereocenters. The second-order valence-corrected chi connectivity index (χ2v) is 6.07. The normalized spacial score (nSPS) is 19.9. The highest BCUT2D eigenvalue weighted by Crippen LogP contribution is 2.27. The van der Waals surface area contributed by atoms with Gasteiger partial charge in [0.05, 0.1) is 11.6 Å². The van der Waals surface area contributed by atoms with Gasteiger partial charge in [0.15, 0.2) is 0 Å². The Labute approximate surface area is 139 Å². The van der Waals surface area contributed by atoms with Crippen LogP contribution in [0, 0.1) is 17.7 Å². The van der Waals surface area contributed by atoms with Gasteiger partial charge in [-0.1, -0.05) is 32.4 Å². The summed E-state index contributed by atoms with van der Waals surface area (Å²) in [5, 5.41) is 11.7. The summed E-state index contributed by atoms with van der Waals surface area (Å²) in [4.78, 5) is 37.0. The Balaban J connectivity index is 2.09. The summed E-state index contributed by atoms with van der Waals surface area (Å²) in [5.74, 6) is -3.40. The minimum atomic E-state index is -1.10. The molecule has 0 aromatic heterocycles. The van der Waals surface area contributed by atoms with E-state index < -0.39 is 29.7 Å². The highest BCUT2D eigenvalue weighted by Gasteiger charge is 2.38. The predicted octanol–water partition coefficient (Wildman–Crippen LogP) is 1.79. The van der Waals surface area contributed by atoms with Gasteiger partial charge in [-0.05, 0) is 18.1 Å². The molecule has 2 rings (SSSR count). The molecular formula is C17H21FN2O4. The van der Waals surface area contributed by atoms with Crippen molar-refractivity contribution in [2.45, 2.75) is 32.7 Å². The number of para-hydroxylation sites is 1. The molecule has 0 aliphatic carbocycles. The van der Waals surface area contributed by atoms with Crippen LogP contribution in [-0.4, -0.2) is 35.5 Å². The van der Waals surface area contributed by atoms with Crippen LogP contribution in [-0.2, 0) is 14.4 Å². The Kier molecular flexibility index (Phi) is 5.54. The Morgan fingerprint density at radius 3 is 2.67 bits per heavy atom. The monoisotopic (exact) mass is 336 g/mol. The van der Waals surface area contributed by atoms with Crippen LogP contribution in [0.4, 0.5) is 10.1 Å². The maximum Gasteiger partial charge on any atom is 0.326 e. The van der Waals surface area contributed by atoms with Crippen LogP contribution in [0.3, 0.4) is 0 Å². The number of carboxylic acid groups (broad SMARTS) is 1. The third-order valence-electron chi connectivity index (χ3n) is 4.42. The molecule has 1 heterocycles. The molecular weight excluding hydrogens is 315 g/mol. The van der Waals surface area contributed by atoms with Gasteiger partial charge in [0.25, 0.3) is 0 Å². The van der Waals surface area contributed by atoms with Crippen molar-refractivity contribution in [1.29, 1.82) is 0 Å². The van der Waals surface area contributed by atoms with Crippen molar-refractivity contribution in [3.05, 3.63) is 30.1 Å². The fourth-order valence-electron chi connectivity index (χ4n) is 2.74. The fourth-order valence-corrected chi connectivity index (χ4v) is 2.74. The summed E-state index contributed by atoms with van der Waals surface area (Å²) < 4.78 is 13.8. The van der Waals surface area contributed by atoms with E-state index in [1.807, 2.05) is 6.92 Å². The lowest BCUT2D eigenvalue weighted by molar-refractivity contribution is -0.143. The Morgan fingerprint density at radius 1 is 1.42 bits per heavy atom. The Hall–Kier alpha value is -2.44. The predicted molar refractivity (Wildman–Crippen MR) is 85.9 cm³/mol. The third kappa shape index (κ3) is 3.72. The molecule has 2 amide bonds. The SMILES string of the molecule is CC[C@H](C)[C@H](NC(=O)C1CC(=O)N(c2ccccc2F)C1)C(=O)O. The number of carboxylic acids is 1. The summed E-state index contributed by atoms with van der Waals surface area (Å²) in [6.07, 6.45) is 0.537. The zero-order chi connectivity index (χ0) is 17.9. The molecule has 0 radical (unpaired) electrons. The molecule has 1 aliphatic heterocycles. The van der Waals surface area contributed by atoms with Crippen molar-refractivity contribution >= 4 is 23.5 Å². The van der Waals surface area contributed by atoms with E-state index in [-0.39, 0.29) is 30.5 Å². The number of aliphatic carboxylic acids is 1. The van der Waals surface area contributed by atoms with Crippen LogP contribution in [0.1, 0.15) is 26.7 Å². The minimum absolute atomic E-state index is 0.0401. The molecule has 1 aromatic carbocycles. The highest BCUT2D eigenvalue weighted by atomic mass is 19.1. The van der Waals surface area contributed by atoms with Gasteiger partial charge < -0.3 is 15.3 Å². The topological polar surface area (TPSA) is 86.7 Å². The van der Waals surface area contributed by atoms with Crippen molar-refractivity contribution in [3.8, 4) is 0 Å². The first-order chi connectivity index (χ1) is 11.3. The summed E-state index contributed by atoms with van der Waals surface area (Å²) in [6.45, 7) is 3.62. The highest BCUT2D eigenvalue weighted by molar-refractivity contribution is 6.00. The molecule has 6 nitrogen and oxygen atoms in total. The first kappa shape index (κ1) is 17.9. The van der Waals surface area contributed by atoms with E-state index in [4.69, 9.17) is 0 Å². The lowest BCUT2D eigenvalue weighted by Crippen LogP contribution is -2.47. The first-order valence-corrected chi connectivity index (χ1v) is 7.93. The zero-order valence-electron chi connectivity index (χ0n) is 13.7. The standard InChI is InChI=1S/C17H21FN2O4/c1-3-10(2)15(17(23)24)19-16(22)11-8-14(21)20(9-11)13-7-5-4-6-12(13)18/h4-7,10-11,15H,3,8-9H2,1-2H3,(H,19,22)(H,23,24)/t10-,11?,15-/m0/s1. The summed E-state index contributed by atoms with van der Waals surface area (Å²) in [7, 11) is 0. The maximum atomic E-state index is 13.8. The van der Waals surface area contributed by atoms with E-state index >= 15 is 0 Å². The summed E-state index contributed by atoms with van der Waals surface area (Å²) in [6, 6.07) is 4.86. The maximum absolute atomic E-state index is 13.8. The number of amides is 2. The van der Waals surface area contributed by atoms with E-state index in [9.17, 15) is 23.9 Å². The van der Waals surface area contributed by atoms with Gasteiger partial charge in [0.2, 0.25) is 11.8 Å². The average Bonchev–Trinajstić information content (AvgIpc) is 2.93. The van der Waals surface area contributed by atoms with Crippen molar-refractivity contribution in [2.24, 2.45) is 11.8 Å². The number of anilines is 1. The van der Waals surface area contributed by atoms with Crippen LogP contribution in [0.2, 0.25) is 0 Å². The molecule has 2 N–H and O–H groups in total. The van der Waals surface area contributed by atoms with Crippen LogP contribution in [0.15, 0.2) is 24.3 Å². The molecule has 0 bridgehead atoms. The molecule has 3 atom stereocenters. The first-order valence-electron chi connectivity index (χ1n) is 7.93. The van der Waals surface area contributed by atoms with Gasteiger partial charge in [-0.3, -0.25) is 9.59 Å². The summed E-state index contributed by atoms with van der Waals surface area (Å²) in [5.41, 5.74) is 0.134. The number of carbonyl (C=O) groups is 3. The number of halogens is 1. The van der Waals surface area contributed by atoms with Gasteiger partial charge in [-0.2, -0.15) is 0 Å². The summed E-state index contributed by atoms with van der Waals surface area (Å²) >= 11 is 0. The number of nitrogens with one attached hydrogen (secondary N) is 1. The van der Waals surface area contributed by atoms with Crippen LogP contribution in [0.25, 0.3) is 0 Å². The minimum Gasteiger partial charge on any atom is -0.480 e. The largest absolute Gasteiger partial charge is 0.480 e. The number of rotatable bonds is 6. The zero-order valence-corrected chi connectivity index (χ0v) is 13.7. The number of hydrogen-bond donors (Lipinski definition) is 2. The van der Waals surface area contributed by atoms with Crippen LogP contribution in [0.5, 0.6) is 0 Å². The van der Waals surface area contributed by atoms with Crippen molar-refractivity contribution < 1.29 is 23.9 Å². The fraction of sp³-hybridized carbons (Fsp3) is 0.471. The molecule has 7 heteroatoms. The average molecular weight is 336 g/mol. The molecule has 24 heavy (non-hydrogen) atoms. The smallest absolute Gasteiger partial charge is 0.326 e. The number of hydrogen-bond acceptors (Lipinski definition) is 3. The molecule has 130 valence electrons. The Morgan fingerprint density at radius 2 is 2.08 bits per heavy atom. The van der Waals surface area contributed by atoms with E-state index in [1.165, 1.54) is 23.1 Å². The van der Waals surface area contributed by atoms with E-state index in [0.717, 1.165) is 0 Å². The number of carbonyl (C=O) groups excluding carboxylic acids is 2. The Bertz CT molecular complexity index is 649. The van der Waals surface area contributed by atoms with E-state index in [2.05, 4.69) is 5.32 Å². The second-order valence-electron chi connectivity index (χ2n) is 6.07.